The Labute approximate surface area is 126 Å². The van der Waals surface area contributed by atoms with Gasteiger partial charge in [-0.2, -0.15) is 0 Å². The second-order valence-corrected chi connectivity index (χ2v) is 4.68. The van der Waals surface area contributed by atoms with Crippen molar-refractivity contribution in [3.63, 3.8) is 0 Å². The molecule has 0 heterocycles. The van der Waals surface area contributed by atoms with Gasteiger partial charge in [-0.15, -0.1) is 0 Å². The van der Waals surface area contributed by atoms with Crippen LogP contribution in [0, 0.1) is 11.6 Å². The molecule has 0 bridgehead atoms. The van der Waals surface area contributed by atoms with E-state index in [4.69, 9.17) is 0 Å². The minimum absolute atomic E-state index is 0.0891. The van der Waals surface area contributed by atoms with Gasteiger partial charge in [-0.25, -0.2) is 8.78 Å². The zero-order chi connectivity index (χ0) is 16.1. The number of nitrogens with one attached hydrogen (secondary N) is 2. The van der Waals surface area contributed by atoms with E-state index < -0.39 is 17.5 Å². The average Bonchev–Trinajstić information content (AvgIpc) is 2.48. The molecule has 0 aliphatic rings. The number of hydrogen-bond donors (Lipinski definition) is 2. The fourth-order valence-corrected chi connectivity index (χ4v) is 1.79. The maximum absolute atomic E-state index is 13.5. The lowest BCUT2D eigenvalue weighted by molar-refractivity contribution is -0.119. The smallest absolute Gasteiger partial charge is 0.255 e. The highest BCUT2D eigenvalue weighted by molar-refractivity contribution is 6.04. The van der Waals surface area contributed by atoms with E-state index in [-0.39, 0.29) is 11.6 Å². The van der Waals surface area contributed by atoms with E-state index in [1.165, 1.54) is 6.92 Å². The summed E-state index contributed by atoms with van der Waals surface area (Å²) in [4.78, 5) is 22.8. The first-order chi connectivity index (χ1) is 10.5. The molecule has 0 radical (unpaired) electrons. The topological polar surface area (TPSA) is 58.2 Å². The van der Waals surface area contributed by atoms with Crippen LogP contribution in [0.2, 0.25) is 0 Å². The molecule has 6 heteroatoms. The number of rotatable bonds is 4. The van der Waals surface area contributed by atoms with Crippen molar-refractivity contribution in [1.82, 2.24) is 5.32 Å². The number of amides is 2. The van der Waals surface area contributed by atoms with Gasteiger partial charge < -0.3 is 10.6 Å². The first kappa shape index (κ1) is 15.6. The Kier molecular flexibility index (Phi) is 4.83. The lowest BCUT2D eigenvalue weighted by Gasteiger charge is -2.07. The van der Waals surface area contributed by atoms with Crippen molar-refractivity contribution in [3.8, 4) is 0 Å². The van der Waals surface area contributed by atoms with Crippen LogP contribution in [0.3, 0.4) is 0 Å². The van der Waals surface area contributed by atoms with Crippen molar-refractivity contribution in [2.24, 2.45) is 0 Å². The standard InChI is InChI=1S/C16H14F2N2O2/c1-10(21)19-9-11-2-4-12(5-3-11)16(22)20-15-7-6-13(17)8-14(15)18/h2-8H,9H2,1H3,(H,19,21)(H,20,22). The van der Waals surface area contributed by atoms with Gasteiger partial charge in [-0.1, -0.05) is 12.1 Å². The number of halogens is 2. The summed E-state index contributed by atoms with van der Waals surface area (Å²) in [6.07, 6.45) is 0. The van der Waals surface area contributed by atoms with E-state index in [0.717, 1.165) is 17.7 Å². The summed E-state index contributed by atoms with van der Waals surface area (Å²) in [5.74, 6) is -2.20. The third-order valence-electron chi connectivity index (χ3n) is 2.94. The van der Waals surface area contributed by atoms with Gasteiger partial charge in [-0.3, -0.25) is 9.59 Å². The Morgan fingerprint density at radius 3 is 2.32 bits per heavy atom. The van der Waals surface area contributed by atoms with Crippen LogP contribution in [0.5, 0.6) is 0 Å². The molecule has 0 aromatic heterocycles. The van der Waals surface area contributed by atoms with Crippen LogP contribution in [-0.2, 0) is 11.3 Å². The molecule has 2 N–H and O–H groups in total. The molecule has 2 rings (SSSR count). The van der Waals surface area contributed by atoms with Crippen LogP contribution in [-0.4, -0.2) is 11.8 Å². The van der Waals surface area contributed by atoms with Gasteiger partial charge >= 0.3 is 0 Å². The van der Waals surface area contributed by atoms with Crippen molar-refractivity contribution in [2.45, 2.75) is 13.5 Å². The second-order valence-electron chi connectivity index (χ2n) is 4.68. The molecule has 22 heavy (non-hydrogen) atoms. The fraction of sp³-hybridized carbons (Fsp3) is 0.125. The predicted octanol–water partition coefficient (Wildman–Crippen LogP) is 2.85. The molecule has 0 fully saturated rings. The van der Waals surface area contributed by atoms with Gasteiger partial charge in [0.05, 0.1) is 5.69 Å². The highest BCUT2D eigenvalue weighted by Gasteiger charge is 2.10. The molecule has 0 spiro atoms. The second kappa shape index (κ2) is 6.80. The van der Waals surface area contributed by atoms with Gasteiger partial charge in [0.15, 0.2) is 0 Å². The predicted molar refractivity (Wildman–Crippen MR) is 78.3 cm³/mol. The molecule has 0 atom stereocenters. The van der Waals surface area contributed by atoms with Gasteiger partial charge in [0, 0.05) is 25.1 Å². The molecular weight excluding hydrogens is 290 g/mol. The minimum Gasteiger partial charge on any atom is -0.352 e. The molecule has 2 aromatic carbocycles. The summed E-state index contributed by atoms with van der Waals surface area (Å²) in [7, 11) is 0. The molecule has 0 aliphatic heterocycles. The van der Waals surface area contributed by atoms with Gasteiger partial charge in [-0.05, 0) is 29.8 Å². The maximum Gasteiger partial charge on any atom is 0.255 e. The molecule has 4 nitrogen and oxygen atoms in total. The zero-order valence-electron chi connectivity index (χ0n) is 11.8. The van der Waals surface area contributed by atoms with Gasteiger partial charge in [0.1, 0.15) is 11.6 Å². The maximum atomic E-state index is 13.5. The number of anilines is 1. The first-order valence-corrected chi connectivity index (χ1v) is 6.55. The van der Waals surface area contributed by atoms with Crippen LogP contribution in [0.1, 0.15) is 22.8 Å². The van der Waals surface area contributed by atoms with E-state index in [9.17, 15) is 18.4 Å². The summed E-state index contributed by atoms with van der Waals surface area (Å²) in [6, 6.07) is 9.43. The van der Waals surface area contributed by atoms with Crippen LogP contribution >= 0.6 is 0 Å². The lowest BCUT2D eigenvalue weighted by Crippen LogP contribution is -2.19. The van der Waals surface area contributed by atoms with Crippen LogP contribution in [0.4, 0.5) is 14.5 Å². The summed E-state index contributed by atoms with van der Waals surface area (Å²) in [5, 5.41) is 5.01. The van der Waals surface area contributed by atoms with Crippen LogP contribution < -0.4 is 10.6 Å². The summed E-state index contributed by atoms with van der Waals surface area (Å²) in [6.45, 7) is 1.78. The van der Waals surface area contributed by atoms with Crippen LogP contribution in [0.25, 0.3) is 0 Å². The first-order valence-electron chi connectivity index (χ1n) is 6.55. The molecule has 0 unspecified atom stereocenters. The van der Waals surface area contributed by atoms with Crippen molar-refractivity contribution in [1.29, 1.82) is 0 Å². The Morgan fingerprint density at radius 2 is 1.73 bits per heavy atom. The van der Waals surface area contributed by atoms with Gasteiger partial charge in [0.25, 0.3) is 5.91 Å². The third-order valence-corrected chi connectivity index (χ3v) is 2.94. The third kappa shape index (κ3) is 4.12. The lowest BCUT2D eigenvalue weighted by atomic mass is 10.1. The Morgan fingerprint density at radius 1 is 1.05 bits per heavy atom. The Balaban J connectivity index is 2.04. The molecule has 0 saturated carbocycles. The number of carbonyl (C=O) groups excluding carboxylic acids is 2. The summed E-state index contributed by atoms with van der Waals surface area (Å²) in [5.41, 5.74) is 1.07. The summed E-state index contributed by atoms with van der Waals surface area (Å²) < 4.78 is 26.3. The van der Waals surface area contributed by atoms with Crippen LogP contribution in [0.15, 0.2) is 42.5 Å². The molecule has 0 aliphatic carbocycles. The fourth-order valence-electron chi connectivity index (χ4n) is 1.79. The average molecular weight is 304 g/mol. The number of hydrogen-bond acceptors (Lipinski definition) is 2. The molecule has 2 aromatic rings. The SMILES string of the molecule is CC(=O)NCc1ccc(C(=O)Nc2ccc(F)cc2F)cc1. The van der Waals surface area contributed by atoms with Crippen molar-refractivity contribution in [2.75, 3.05) is 5.32 Å². The number of benzene rings is 2. The van der Waals surface area contributed by atoms with E-state index in [2.05, 4.69) is 10.6 Å². The van der Waals surface area contributed by atoms with E-state index in [1.807, 2.05) is 0 Å². The molecule has 0 saturated heterocycles. The number of carbonyl (C=O) groups is 2. The van der Waals surface area contributed by atoms with E-state index >= 15 is 0 Å². The highest BCUT2D eigenvalue weighted by Crippen LogP contribution is 2.16. The quantitative estimate of drug-likeness (QED) is 0.912. The van der Waals surface area contributed by atoms with Crippen molar-refractivity contribution in [3.05, 3.63) is 65.2 Å². The van der Waals surface area contributed by atoms with Gasteiger partial charge in [0.2, 0.25) is 5.91 Å². The molecule has 114 valence electrons. The Bertz CT molecular complexity index is 700. The Hall–Kier alpha value is -2.76. The zero-order valence-corrected chi connectivity index (χ0v) is 11.8. The van der Waals surface area contributed by atoms with Crippen molar-refractivity contribution < 1.29 is 18.4 Å². The van der Waals surface area contributed by atoms with E-state index in [1.54, 1.807) is 24.3 Å². The summed E-state index contributed by atoms with van der Waals surface area (Å²) >= 11 is 0. The molecule has 2 amide bonds. The largest absolute Gasteiger partial charge is 0.352 e. The monoisotopic (exact) mass is 304 g/mol. The van der Waals surface area contributed by atoms with E-state index in [0.29, 0.717) is 18.2 Å². The van der Waals surface area contributed by atoms with Crippen molar-refractivity contribution >= 4 is 17.5 Å². The highest BCUT2D eigenvalue weighted by atomic mass is 19.1. The minimum atomic E-state index is -0.837. The normalized spacial score (nSPS) is 10.1. The molecular formula is C16H14F2N2O2.